The molecule has 2 saturated carbocycles. The van der Waals surface area contributed by atoms with E-state index in [0.717, 1.165) is 60.7 Å². The largest absolute Gasteiger partial charge is 0.382 e. The number of benzene rings is 2. The van der Waals surface area contributed by atoms with Crippen molar-refractivity contribution in [3.63, 3.8) is 0 Å². The summed E-state index contributed by atoms with van der Waals surface area (Å²) in [5.41, 5.74) is 2.88. The summed E-state index contributed by atoms with van der Waals surface area (Å²) in [6.45, 7) is 0. The van der Waals surface area contributed by atoms with Crippen LogP contribution in [0.25, 0.3) is 10.9 Å². The molecule has 0 radical (unpaired) electrons. The number of nitrogens with zero attached hydrogens (tertiary/aromatic N) is 1. The molecule has 0 aliphatic heterocycles. The van der Waals surface area contributed by atoms with Crippen LogP contribution >= 0.6 is 11.6 Å². The Hall–Kier alpha value is -2.59. The molecule has 2 aromatic carbocycles. The van der Waals surface area contributed by atoms with Crippen molar-refractivity contribution >= 4 is 34.1 Å². The van der Waals surface area contributed by atoms with Gasteiger partial charge in [0.25, 0.3) is 0 Å². The fourth-order valence-corrected chi connectivity index (χ4v) is 4.87. The smallest absolute Gasteiger partial charge is 0.230 e. The summed E-state index contributed by atoms with van der Waals surface area (Å²) in [6.07, 6.45) is 7.83. The van der Waals surface area contributed by atoms with Gasteiger partial charge in [0.1, 0.15) is 0 Å². The van der Waals surface area contributed by atoms with Crippen LogP contribution < -0.4 is 10.6 Å². The third kappa shape index (κ3) is 3.77. The molecule has 154 valence electrons. The van der Waals surface area contributed by atoms with Gasteiger partial charge in [0, 0.05) is 34.4 Å². The molecule has 2 aliphatic rings. The number of amides is 1. The molecule has 0 bridgehead atoms. The average molecular weight is 420 g/mol. The lowest BCUT2D eigenvalue weighted by Crippen LogP contribution is -2.44. The zero-order chi connectivity index (χ0) is 20.6. The highest BCUT2D eigenvalue weighted by Crippen LogP contribution is 2.48. The molecular formula is C25H26ClN3O. The second kappa shape index (κ2) is 7.92. The lowest BCUT2D eigenvalue weighted by molar-refractivity contribution is -0.124. The van der Waals surface area contributed by atoms with Crippen molar-refractivity contribution in [2.75, 3.05) is 5.32 Å². The zero-order valence-electron chi connectivity index (χ0n) is 16.9. The molecule has 2 fully saturated rings. The molecule has 3 aromatic rings. The van der Waals surface area contributed by atoms with E-state index < -0.39 is 0 Å². The van der Waals surface area contributed by atoms with Crippen molar-refractivity contribution in [3.05, 3.63) is 71.4 Å². The van der Waals surface area contributed by atoms with E-state index in [1.54, 1.807) is 0 Å². The maximum Gasteiger partial charge on any atom is 0.230 e. The summed E-state index contributed by atoms with van der Waals surface area (Å²) < 4.78 is 0. The summed E-state index contributed by atoms with van der Waals surface area (Å²) in [6, 6.07) is 18.8. The lowest BCUT2D eigenvalue weighted by Gasteiger charge is -2.31. The second-order valence-corrected chi connectivity index (χ2v) is 9.07. The Bertz CT molecular complexity index is 1060. The van der Waals surface area contributed by atoms with Gasteiger partial charge >= 0.3 is 0 Å². The SMILES string of the molecule is O=C(NC1CCC(Nc2ccnc3cc(Cl)ccc23)CC1)C1(c2ccccc2)CC1. The number of halogens is 1. The topological polar surface area (TPSA) is 54.0 Å². The molecule has 0 atom stereocenters. The number of aromatic nitrogens is 1. The fraction of sp³-hybridized carbons (Fsp3) is 0.360. The maximum atomic E-state index is 13.0. The molecule has 2 N–H and O–H groups in total. The lowest BCUT2D eigenvalue weighted by atomic mass is 9.89. The van der Waals surface area contributed by atoms with Crippen LogP contribution in [0, 0.1) is 0 Å². The second-order valence-electron chi connectivity index (χ2n) is 8.63. The molecule has 0 unspecified atom stereocenters. The van der Waals surface area contributed by atoms with E-state index in [-0.39, 0.29) is 17.4 Å². The molecular weight excluding hydrogens is 394 g/mol. The van der Waals surface area contributed by atoms with Crippen LogP contribution in [0.5, 0.6) is 0 Å². The monoisotopic (exact) mass is 419 g/mol. The number of nitrogens with one attached hydrogen (secondary N) is 2. The Morgan fingerprint density at radius 3 is 2.43 bits per heavy atom. The molecule has 1 amide bonds. The van der Waals surface area contributed by atoms with Crippen LogP contribution in [0.1, 0.15) is 44.1 Å². The number of anilines is 1. The molecule has 0 spiro atoms. The highest BCUT2D eigenvalue weighted by Gasteiger charge is 2.51. The van der Waals surface area contributed by atoms with Gasteiger partial charge in [-0.05, 0) is 68.4 Å². The molecule has 5 rings (SSSR count). The first-order valence-corrected chi connectivity index (χ1v) is 11.2. The van der Waals surface area contributed by atoms with Gasteiger partial charge in [-0.1, -0.05) is 41.9 Å². The summed E-state index contributed by atoms with van der Waals surface area (Å²) in [7, 11) is 0. The van der Waals surface area contributed by atoms with Crippen LogP contribution in [0.2, 0.25) is 5.02 Å². The first-order chi connectivity index (χ1) is 14.6. The van der Waals surface area contributed by atoms with Gasteiger partial charge in [0.15, 0.2) is 0 Å². The number of carbonyl (C=O) groups is 1. The standard InChI is InChI=1S/C25H26ClN3O/c26-18-6-11-21-22(12-15-27-23(21)16-18)28-19-7-9-20(10-8-19)29-24(30)25(13-14-25)17-4-2-1-3-5-17/h1-6,11-12,15-16,19-20H,7-10,13-14H2,(H,27,28)(H,29,30). The minimum absolute atomic E-state index is 0.210. The third-order valence-electron chi connectivity index (χ3n) is 6.64. The number of hydrogen-bond donors (Lipinski definition) is 2. The number of carbonyl (C=O) groups excluding carboxylic acids is 1. The minimum Gasteiger partial charge on any atom is -0.382 e. The number of rotatable bonds is 5. The van der Waals surface area contributed by atoms with Crippen molar-refractivity contribution in [1.29, 1.82) is 0 Å². The van der Waals surface area contributed by atoms with Crippen LogP contribution in [0.3, 0.4) is 0 Å². The van der Waals surface area contributed by atoms with Crippen molar-refractivity contribution in [1.82, 2.24) is 10.3 Å². The quantitative estimate of drug-likeness (QED) is 0.577. The van der Waals surface area contributed by atoms with Crippen LogP contribution in [-0.4, -0.2) is 23.0 Å². The van der Waals surface area contributed by atoms with E-state index in [2.05, 4.69) is 27.8 Å². The molecule has 30 heavy (non-hydrogen) atoms. The molecule has 0 saturated heterocycles. The molecule has 1 heterocycles. The molecule has 2 aliphatic carbocycles. The maximum absolute atomic E-state index is 13.0. The Morgan fingerprint density at radius 2 is 1.70 bits per heavy atom. The summed E-state index contributed by atoms with van der Waals surface area (Å²) in [5.74, 6) is 0.210. The Balaban J connectivity index is 1.19. The number of pyridine rings is 1. The van der Waals surface area contributed by atoms with Crippen molar-refractivity contribution in [2.45, 2.75) is 56.0 Å². The fourth-order valence-electron chi connectivity index (χ4n) is 4.70. The molecule has 4 nitrogen and oxygen atoms in total. The van der Waals surface area contributed by atoms with Crippen LogP contribution in [0.4, 0.5) is 5.69 Å². The highest BCUT2D eigenvalue weighted by molar-refractivity contribution is 6.31. The normalized spacial score (nSPS) is 22.4. The van der Waals surface area contributed by atoms with Gasteiger partial charge in [-0.15, -0.1) is 0 Å². The van der Waals surface area contributed by atoms with Crippen molar-refractivity contribution in [3.8, 4) is 0 Å². The van der Waals surface area contributed by atoms with Gasteiger partial charge in [0.05, 0.1) is 10.9 Å². The Kier molecular flexibility index (Phi) is 5.11. The van der Waals surface area contributed by atoms with E-state index >= 15 is 0 Å². The van der Waals surface area contributed by atoms with Gasteiger partial charge in [-0.3, -0.25) is 9.78 Å². The first-order valence-electron chi connectivity index (χ1n) is 10.8. The Labute approximate surface area is 182 Å². The summed E-state index contributed by atoms with van der Waals surface area (Å²) in [4.78, 5) is 17.4. The van der Waals surface area contributed by atoms with Gasteiger partial charge in [-0.2, -0.15) is 0 Å². The highest BCUT2D eigenvalue weighted by atomic mass is 35.5. The van der Waals surface area contributed by atoms with E-state index in [9.17, 15) is 4.79 Å². The first kappa shape index (κ1) is 19.4. The summed E-state index contributed by atoms with van der Waals surface area (Å²) >= 11 is 6.10. The molecule has 1 aromatic heterocycles. The van der Waals surface area contributed by atoms with E-state index in [1.165, 1.54) is 0 Å². The number of hydrogen-bond acceptors (Lipinski definition) is 3. The van der Waals surface area contributed by atoms with Crippen molar-refractivity contribution < 1.29 is 4.79 Å². The van der Waals surface area contributed by atoms with Gasteiger partial charge < -0.3 is 10.6 Å². The van der Waals surface area contributed by atoms with Gasteiger partial charge in [-0.25, -0.2) is 0 Å². The Morgan fingerprint density at radius 1 is 0.967 bits per heavy atom. The minimum atomic E-state index is -0.284. The predicted molar refractivity (Wildman–Crippen MR) is 122 cm³/mol. The summed E-state index contributed by atoms with van der Waals surface area (Å²) in [5, 5.41) is 8.83. The van der Waals surface area contributed by atoms with E-state index in [1.807, 2.05) is 48.7 Å². The number of fused-ring (bicyclic) bond motifs is 1. The third-order valence-corrected chi connectivity index (χ3v) is 6.87. The van der Waals surface area contributed by atoms with Crippen LogP contribution in [-0.2, 0) is 10.2 Å². The zero-order valence-corrected chi connectivity index (χ0v) is 17.7. The molecule has 5 heteroatoms. The van der Waals surface area contributed by atoms with E-state index in [4.69, 9.17) is 11.6 Å². The van der Waals surface area contributed by atoms with Crippen molar-refractivity contribution in [2.24, 2.45) is 0 Å². The van der Waals surface area contributed by atoms with Gasteiger partial charge in [0.2, 0.25) is 5.91 Å². The van der Waals surface area contributed by atoms with E-state index in [0.29, 0.717) is 11.1 Å². The average Bonchev–Trinajstić information content (AvgIpc) is 3.58. The predicted octanol–water partition coefficient (Wildman–Crippen LogP) is 5.46. The van der Waals surface area contributed by atoms with Crippen LogP contribution in [0.15, 0.2) is 60.8 Å².